The van der Waals surface area contributed by atoms with Crippen molar-refractivity contribution in [2.24, 2.45) is 5.92 Å². The number of likely N-dealkylation sites (tertiary alicyclic amines) is 1. The van der Waals surface area contributed by atoms with Crippen LogP contribution in [0, 0.1) is 23.1 Å². The Balaban J connectivity index is 1.84. The summed E-state index contributed by atoms with van der Waals surface area (Å²) in [6.07, 6.45) is 1.72. The number of halogens is 1. The SMILES string of the molecule is N#C[C@H]1CCCN(C(=O)NCc2ccc(F)cc2)C1. The minimum atomic E-state index is -0.289. The number of urea groups is 1. The number of carbonyl (C=O) groups excluding carboxylic acids is 1. The number of amides is 2. The lowest BCUT2D eigenvalue weighted by molar-refractivity contribution is 0.176. The maximum atomic E-state index is 12.7. The van der Waals surface area contributed by atoms with Gasteiger partial charge in [0.15, 0.2) is 0 Å². The number of rotatable bonds is 2. The highest BCUT2D eigenvalue weighted by Crippen LogP contribution is 2.15. The summed E-state index contributed by atoms with van der Waals surface area (Å²) >= 11 is 0. The third kappa shape index (κ3) is 3.68. The lowest BCUT2D eigenvalue weighted by Gasteiger charge is -2.29. The van der Waals surface area contributed by atoms with Crippen LogP contribution in [0.15, 0.2) is 24.3 Å². The molecular formula is C14H16FN3O. The van der Waals surface area contributed by atoms with Gasteiger partial charge in [-0.1, -0.05) is 12.1 Å². The molecule has 1 N–H and O–H groups in total. The molecule has 0 radical (unpaired) electrons. The fourth-order valence-corrected chi connectivity index (χ4v) is 2.16. The molecule has 5 heteroatoms. The summed E-state index contributed by atoms with van der Waals surface area (Å²) in [5, 5.41) is 11.7. The smallest absolute Gasteiger partial charge is 0.317 e. The molecule has 1 aliphatic heterocycles. The second-order valence-corrected chi connectivity index (χ2v) is 4.70. The molecule has 4 nitrogen and oxygen atoms in total. The first-order chi connectivity index (χ1) is 9.19. The molecule has 0 spiro atoms. The van der Waals surface area contributed by atoms with Crippen molar-refractivity contribution in [1.82, 2.24) is 10.2 Å². The Morgan fingerprint density at radius 3 is 2.89 bits per heavy atom. The largest absolute Gasteiger partial charge is 0.334 e. The third-order valence-corrected chi connectivity index (χ3v) is 3.25. The minimum Gasteiger partial charge on any atom is -0.334 e. The van der Waals surface area contributed by atoms with Crippen LogP contribution in [-0.4, -0.2) is 24.0 Å². The highest BCUT2D eigenvalue weighted by atomic mass is 19.1. The van der Waals surface area contributed by atoms with E-state index in [1.807, 2.05) is 0 Å². The lowest BCUT2D eigenvalue weighted by Crippen LogP contribution is -2.45. The zero-order valence-electron chi connectivity index (χ0n) is 10.6. The molecule has 2 amide bonds. The summed E-state index contributed by atoms with van der Waals surface area (Å²) in [7, 11) is 0. The second kappa shape index (κ2) is 6.19. The number of hydrogen-bond acceptors (Lipinski definition) is 2. The fraction of sp³-hybridized carbons (Fsp3) is 0.429. The zero-order chi connectivity index (χ0) is 13.7. The van der Waals surface area contributed by atoms with Crippen LogP contribution in [-0.2, 0) is 6.54 Å². The second-order valence-electron chi connectivity index (χ2n) is 4.70. The molecular weight excluding hydrogens is 245 g/mol. The standard InChI is InChI=1S/C14H16FN3O/c15-13-5-3-11(4-6-13)9-17-14(19)18-7-1-2-12(8-16)10-18/h3-6,12H,1-2,7,9-10H2,(H,17,19)/t12-/m1/s1. The Morgan fingerprint density at radius 2 is 2.21 bits per heavy atom. The van der Waals surface area contributed by atoms with Crippen molar-refractivity contribution in [1.29, 1.82) is 5.26 Å². The number of nitrogens with one attached hydrogen (secondary N) is 1. The van der Waals surface area contributed by atoms with Crippen molar-refractivity contribution in [2.75, 3.05) is 13.1 Å². The van der Waals surface area contributed by atoms with Crippen LogP contribution in [0.1, 0.15) is 18.4 Å². The van der Waals surface area contributed by atoms with Crippen LogP contribution < -0.4 is 5.32 Å². The third-order valence-electron chi connectivity index (χ3n) is 3.25. The van der Waals surface area contributed by atoms with Gasteiger partial charge in [-0.05, 0) is 30.5 Å². The van der Waals surface area contributed by atoms with Gasteiger partial charge >= 0.3 is 6.03 Å². The van der Waals surface area contributed by atoms with E-state index in [1.165, 1.54) is 12.1 Å². The van der Waals surface area contributed by atoms with Crippen LogP contribution in [0.2, 0.25) is 0 Å². The first kappa shape index (κ1) is 13.3. The van der Waals surface area contributed by atoms with Crippen LogP contribution in [0.5, 0.6) is 0 Å². The first-order valence-electron chi connectivity index (χ1n) is 6.36. The number of benzene rings is 1. The molecule has 0 aromatic heterocycles. The Morgan fingerprint density at radius 1 is 1.47 bits per heavy atom. The highest BCUT2D eigenvalue weighted by Gasteiger charge is 2.22. The summed E-state index contributed by atoms with van der Waals surface area (Å²) in [5.74, 6) is -0.353. The van der Waals surface area contributed by atoms with Gasteiger partial charge in [0.05, 0.1) is 12.0 Å². The Bertz CT molecular complexity index is 480. The summed E-state index contributed by atoms with van der Waals surface area (Å²) in [6.45, 7) is 1.55. The van der Waals surface area contributed by atoms with E-state index in [9.17, 15) is 9.18 Å². The van der Waals surface area contributed by atoms with E-state index < -0.39 is 0 Å². The van der Waals surface area contributed by atoms with Gasteiger partial charge in [-0.2, -0.15) is 5.26 Å². The van der Waals surface area contributed by atoms with Gasteiger partial charge in [0.25, 0.3) is 0 Å². The van der Waals surface area contributed by atoms with Crippen molar-refractivity contribution >= 4 is 6.03 Å². The van der Waals surface area contributed by atoms with Gasteiger partial charge in [-0.25, -0.2) is 9.18 Å². The van der Waals surface area contributed by atoms with Crippen LogP contribution >= 0.6 is 0 Å². The molecule has 1 aromatic rings. The molecule has 0 aliphatic carbocycles. The van der Waals surface area contributed by atoms with Gasteiger partial charge in [0.1, 0.15) is 5.82 Å². The summed E-state index contributed by atoms with van der Waals surface area (Å²) in [4.78, 5) is 13.6. The Labute approximate surface area is 111 Å². The van der Waals surface area contributed by atoms with E-state index in [0.717, 1.165) is 18.4 Å². The van der Waals surface area contributed by atoms with Crippen molar-refractivity contribution in [3.05, 3.63) is 35.6 Å². The van der Waals surface area contributed by atoms with E-state index in [4.69, 9.17) is 5.26 Å². The van der Waals surface area contributed by atoms with E-state index in [1.54, 1.807) is 17.0 Å². The molecule has 2 rings (SSSR count). The van der Waals surface area contributed by atoms with Crippen LogP contribution in [0.3, 0.4) is 0 Å². The molecule has 19 heavy (non-hydrogen) atoms. The van der Waals surface area contributed by atoms with Crippen molar-refractivity contribution < 1.29 is 9.18 Å². The summed E-state index contributed by atoms with van der Waals surface area (Å²) in [5.41, 5.74) is 0.851. The zero-order valence-corrected chi connectivity index (χ0v) is 10.6. The van der Waals surface area contributed by atoms with E-state index in [0.29, 0.717) is 19.6 Å². The van der Waals surface area contributed by atoms with Crippen molar-refractivity contribution in [2.45, 2.75) is 19.4 Å². The topological polar surface area (TPSA) is 56.1 Å². The number of nitrogens with zero attached hydrogens (tertiary/aromatic N) is 2. The molecule has 1 atom stereocenters. The van der Waals surface area contributed by atoms with E-state index >= 15 is 0 Å². The number of piperidine rings is 1. The van der Waals surface area contributed by atoms with Crippen LogP contribution in [0.25, 0.3) is 0 Å². The summed E-state index contributed by atoms with van der Waals surface area (Å²) < 4.78 is 12.7. The van der Waals surface area contributed by atoms with E-state index in [2.05, 4.69) is 11.4 Å². The van der Waals surface area contributed by atoms with E-state index in [-0.39, 0.29) is 17.8 Å². The number of nitriles is 1. The van der Waals surface area contributed by atoms with Crippen LogP contribution in [0.4, 0.5) is 9.18 Å². The molecule has 1 saturated heterocycles. The molecule has 1 aromatic carbocycles. The Kier molecular flexibility index (Phi) is 4.35. The van der Waals surface area contributed by atoms with Crippen molar-refractivity contribution in [3.63, 3.8) is 0 Å². The van der Waals surface area contributed by atoms with Gasteiger partial charge in [0, 0.05) is 19.6 Å². The number of carbonyl (C=O) groups is 1. The normalized spacial score (nSPS) is 18.7. The molecule has 1 aliphatic rings. The minimum absolute atomic E-state index is 0.0645. The molecule has 100 valence electrons. The maximum absolute atomic E-state index is 12.7. The van der Waals surface area contributed by atoms with Gasteiger partial charge in [-0.3, -0.25) is 0 Å². The molecule has 0 bridgehead atoms. The summed E-state index contributed by atoms with van der Waals surface area (Å²) in [6, 6.07) is 8.07. The highest BCUT2D eigenvalue weighted by molar-refractivity contribution is 5.74. The average Bonchev–Trinajstić information content (AvgIpc) is 2.46. The quantitative estimate of drug-likeness (QED) is 0.887. The monoisotopic (exact) mass is 261 g/mol. The molecule has 1 heterocycles. The van der Waals surface area contributed by atoms with Gasteiger partial charge in [-0.15, -0.1) is 0 Å². The Hall–Kier alpha value is -2.09. The van der Waals surface area contributed by atoms with Gasteiger partial charge < -0.3 is 10.2 Å². The first-order valence-corrected chi connectivity index (χ1v) is 6.36. The predicted molar refractivity (Wildman–Crippen MR) is 68.5 cm³/mol. The number of hydrogen-bond donors (Lipinski definition) is 1. The van der Waals surface area contributed by atoms with Crippen molar-refractivity contribution in [3.8, 4) is 6.07 Å². The predicted octanol–water partition coefficient (Wildman–Crippen LogP) is 2.27. The fourth-order valence-electron chi connectivity index (χ4n) is 2.16. The molecule has 1 fully saturated rings. The molecule has 0 unspecified atom stereocenters. The lowest BCUT2D eigenvalue weighted by atomic mass is 10.0. The van der Waals surface area contributed by atoms with Gasteiger partial charge in [0.2, 0.25) is 0 Å². The average molecular weight is 261 g/mol. The maximum Gasteiger partial charge on any atom is 0.317 e. The molecule has 0 saturated carbocycles.